The van der Waals surface area contributed by atoms with E-state index in [0.717, 1.165) is 25.1 Å². The third-order valence-corrected chi connectivity index (χ3v) is 5.74. The molecule has 0 unspecified atom stereocenters. The molecule has 3 rings (SSSR count). The number of rotatable bonds is 8. The van der Waals surface area contributed by atoms with Crippen LogP contribution in [0.5, 0.6) is 0 Å². The highest BCUT2D eigenvalue weighted by Gasteiger charge is 2.17. The van der Waals surface area contributed by atoms with E-state index in [9.17, 15) is 8.42 Å². The summed E-state index contributed by atoms with van der Waals surface area (Å²) in [6.45, 7) is 2.91. The summed E-state index contributed by atoms with van der Waals surface area (Å²) in [7, 11) is -3.76. The quantitative estimate of drug-likeness (QED) is 0.373. The largest absolute Gasteiger partial charge is 0.362 e. The molecule has 0 saturated carbocycles. The maximum atomic E-state index is 12.8. The van der Waals surface area contributed by atoms with E-state index >= 15 is 0 Å². The maximum absolute atomic E-state index is 12.8. The van der Waals surface area contributed by atoms with E-state index in [1.807, 2.05) is 30.3 Å². The van der Waals surface area contributed by atoms with Crippen LogP contribution in [0.25, 0.3) is 5.69 Å². The van der Waals surface area contributed by atoms with Crippen LogP contribution in [-0.4, -0.2) is 29.9 Å². The summed E-state index contributed by atoms with van der Waals surface area (Å²) in [5.41, 5.74) is 1.48. The molecule has 29 heavy (non-hydrogen) atoms. The zero-order valence-electron chi connectivity index (χ0n) is 16.0. The van der Waals surface area contributed by atoms with Gasteiger partial charge in [-0.05, 0) is 55.0 Å². The predicted molar refractivity (Wildman–Crippen MR) is 120 cm³/mol. The van der Waals surface area contributed by atoms with E-state index in [-0.39, 0.29) is 4.90 Å². The Labute approximate surface area is 176 Å². The molecular weight excluding hydrogens is 406 g/mol. The number of aromatic nitrogens is 2. The van der Waals surface area contributed by atoms with Crippen molar-refractivity contribution in [3.8, 4) is 5.69 Å². The molecule has 0 fully saturated rings. The molecule has 1 heterocycles. The maximum Gasteiger partial charge on any atom is 0.263 e. The summed E-state index contributed by atoms with van der Waals surface area (Å²) in [5, 5.41) is 10.9. The standard InChI is InChI=1S/C20H23N5O2S2/c1-2-3-14-21-20(28)23-16-9-11-18(12-10-16)29(26,27)24-19-13-15-22-25(19)17-7-5-4-6-8-17/h4-13,15,24H,2-3,14H2,1H3,(H2,21,23,28). The molecule has 0 atom stereocenters. The van der Waals surface area contributed by atoms with Gasteiger partial charge in [0, 0.05) is 18.3 Å². The Bertz CT molecular complexity index is 1050. The lowest BCUT2D eigenvalue weighted by Gasteiger charge is -2.12. The molecule has 0 aliphatic carbocycles. The Morgan fingerprint density at radius 3 is 2.48 bits per heavy atom. The summed E-state index contributed by atoms with van der Waals surface area (Å²) < 4.78 is 29.7. The highest BCUT2D eigenvalue weighted by molar-refractivity contribution is 7.92. The van der Waals surface area contributed by atoms with Crippen LogP contribution in [0.2, 0.25) is 0 Å². The second kappa shape index (κ2) is 9.53. The molecule has 0 radical (unpaired) electrons. The molecule has 0 amide bonds. The van der Waals surface area contributed by atoms with Crippen molar-refractivity contribution in [3.63, 3.8) is 0 Å². The number of thiocarbonyl (C=S) groups is 1. The minimum atomic E-state index is -3.76. The van der Waals surface area contributed by atoms with Crippen molar-refractivity contribution in [3.05, 3.63) is 66.9 Å². The molecule has 0 aliphatic heterocycles. The van der Waals surface area contributed by atoms with Gasteiger partial charge in [0.15, 0.2) is 5.11 Å². The van der Waals surface area contributed by atoms with E-state index in [1.54, 1.807) is 24.4 Å². The number of unbranched alkanes of at least 4 members (excludes halogenated alkanes) is 1. The van der Waals surface area contributed by atoms with Gasteiger partial charge in [0.2, 0.25) is 0 Å². The normalized spacial score (nSPS) is 11.1. The van der Waals surface area contributed by atoms with Crippen molar-refractivity contribution in [2.75, 3.05) is 16.6 Å². The van der Waals surface area contributed by atoms with Gasteiger partial charge in [0.05, 0.1) is 16.8 Å². The van der Waals surface area contributed by atoms with Crippen molar-refractivity contribution in [1.29, 1.82) is 0 Å². The van der Waals surface area contributed by atoms with Crippen LogP contribution in [0, 0.1) is 0 Å². The first-order valence-electron chi connectivity index (χ1n) is 9.27. The van der Waals surface area contributed by atoms with Gasteiger partial charge in [-0.25, -0.2) is 13.1 Å². The van der Waals surface area contributed by atoms with Gasteiger partial charge in [-0.15, -0.1) is 0 Å². The number of hydrogen-bond acceptors (Lipinski definition) is 4. The van der Waals surface area contributed by atoms with Crippen molar-refractivity contribution in [1.82, 2.24) is 15.1 Å². The van der Waals surface area contributed by atoms with Crippen LogP contribution in [0.4, 0.5) is 11.5 Å². The minimum absolute atomic E-state index is 0.147. The van der Waals surface area contributed by atoms with E-state index in [0.29, 0.717) is 16.6 Å². The number of hydrogen-bond donors (Lipinski definition) is 3. The summed E-state index contributed by atoms with van der Waals surface area (Å²) in [4.78, 5) is 0.147. The zero-order chi connectivity index (χ0) is 20.7. The third kappa shape index (κ3) is 5.55. The Hall–Kier alpha value is -2.91. The van der Waals surface area contributed by atoms with Gasteiger partial charge in [-0.1, -0.05) is 31.5 Å². The first kappa shape index (κ1) is 20.8. The van der Waals surface area contributed by atoms with Gasteiger partial charge in [-0.3, -0.25) is 4.72 Å². The van der Waals surface area contributed by atoms with Gasteiger partial charge in [0.25, 0.3) is 10.0 Å². The lowest BCUT2D eigenvalue weighted by Crippen LogP contribution is -2.29. The van der Waals surface area contributed by atoms with Gasteiger partial charge >= 0.3 is 0 Å². The molecule has 9 heteroatoms. The first-order chi connectivity index (χ1) is 14.0. The SMILES string of the molecule is CCCCNC(=S)Nc1ccc(S(=O)(=O)Nc2ccnn2-c2ccccc2)cc1. The molecule has 152 valence electrons. The summed E-state index contributed by atoms with van der Waals surface area (Å²) >= 11 is 5.23. The fraction of sp³-hybridized carbons (Fsp3) is 0.200. The van der Waals surface area contributed by atoms with E-state index in [2.05, 4.69) is 27.4 Å². The molecule has 7 nitrogen and oxygen atoms in total. The van der Waals surface area contributed by atoms with Crippen molar-refractivity contribution < 1.29 is 8.42 Å². The van der Waals surface area contributed by atoms with E-state index in [1.165, 1.54) is 16.8 Å². The topological polar surface area (TPSA) is 88.0 Å². The van der Waals surface area contributed by atoms with Crippen LogP contribution >= 0.6 is 12.2 Å². The molecule has 2 aromatic carbocycles. The van der Waals surface area contributed by atoms with Gasteiger partial charge < -0.3 is 10.6 Å². The Balaban J connectivity index is 1.69. The highest BCUT2D eigenvalue weighted by Crippen LogP contribution is 2.20. The summed E-state index contributed by atoms with van der Waals surface area (Å²) in [5.74, 6) is 0.361. The lowest BCUT2D eigenvalue weighted by molar-refractivity contribution is 0.600. The third-order valence-electron chi connectivity index (χ3n) is 4.12. The van der Waals surface area contributed by atoms with Gasteiger partial charge in [0.1, 0.15) is 5.82 Å². The van der Waals surface area contributed by atoms with Crippen molar-refractivity contribution in [2.45, 2.75) is 24.7 Å². The van der Waals surface area contributed by atoms with Crippen molar-refractivity contribution >= 4 is 38.9 Å². The molecule has 0 aliphatic rings. The second-order valence-corrected chi connectivity index (χ2v) is 8.42. The van der Waals surface area contributed by atoms with Crippen LogP contribution in [-0.2, 0) is 10.0 Å². The number of sulfonamides is 1. The molecule has 0 saturated heterocycles. The van der Waals surface area contributed by atoms with Crippen LogP contribution in [0.15, 0.2) is 71.8 Å². The van der Waals surface area contributed by atoms with Crippen LogP contribution in [0.3, 0.4) is 0 Å². The molecule has 0 bridgehead atoms. The smallest absolute Gasteiger partial charge is 0.263 e. The second-order valence-electron chi connectivity index (χ2n) is 6.33. The zero-order valence-corrected chi connectivity index (χ0v) is 17.6. The molecule has 3 N–H and O–H groups in total. The average molecular weight is 430 g/mol. The first-order valence-corrected chi connectivity index (χ1v) is 11.2. The monoisotopic (exact) mass is 429 g/mol. The Kier molecular flexibility index (Phi) is 6.84. The predicted octanol–water partition coefficient (Wildman–Crippen LogP) is 3.76. The number of benzene rings is 2. The highest BCUT2D eigenvalue weighted by atomic mass is 32.2. The number of nitrogens with one attached hydrogen (secondary N) is 3. The van der Waals surface area contributed by atoms with Crippen LogP contribution < -0.4 is 15.4 Å². The minimum Gasteiger partial charge on any atom is -0.362 e. The number of anilines is 2. The van der Waals surface area contributed by atoms with Crippen LogP contribution in [0.1, 0.15) is 19.8 Å². The molecular formula is C20H23N5O2S2. The Morgan fingerprint density at radius 1 is 1.07 bits per heavy atom. The van der Waals surface area contributed by atoms with E-state index < -0.39 is 10.0 Å². The Morgan fingerprint density at radius 2 is 1.79 bits per heavy atom. The summed E-state index contributed by atoms with van der Waals surface area (Å²) in [6.07, 6.45) is 3.66. The van der Waals surface area contributed by atoms with Crippen molar-refractivity contribution in [2.24, 2.45) is 0 Å². The molecule has 0 spiro atoms. The number of nitrogens with zero attached hydrogens (tertiary/aromatic N) is 2. The lowest BCUT2D eigenvalue weighted by atomic mass is 10.3. The van der Waals surface area contributed by atoms with Gasteiger partial charge in [-0.2, -0.15) is 5.10 Å². The van der Waals surface area contributed by atoms with E-state index in [4.69, 9.17) is 12.2 Å². The number of para-hydroxylation sites is 1. The average Bonchev–Trinajstić information content (AvgIpc) is 3.16. The fourth-order valence-corrected chi connectivity index (χ4v) is 3.89. The molecule has 3 aromatic rings. The summed E-state index contributed by atoms with van der Waals surface area (Å²) in [6, 6.07) is 17.3. The molecule has 1 aromatic heterocycles. The fourth-order valence-electron chi connectivity index (χ4n) is 2.62.